The van der Waals surface area contributed by atoms with Crippen LogP contribution in [0.25, 0.3) is 5.82 Å². The van der Waals surface area contributed by atoms with Gasteiger partial charge < -0.3 is 10.3 Å². The predicted molar refractivity (Wildman–Crippen MR) is 69.5 cm³/mol. The molecular weight excluding hydrogens is 226 g/mol. The lowest BCUT2D eigenvalue weighted by Crippen LogP contribution is -2.02. The maximum Gasteiger partial charge on any atom is 0.153 e. The maximum absolute atomic E-state index is 4.35. The quantitative estimate of drug-likeness (QED) is 0.733. The number of rotatable bonds is 4. The first-order chi connectivity index (χ1) is 8.92. The second-order valence-electron chi connectivity index (χ2n) is 3.90. The minimum absolute atomic E-state index is 0.760. The average Bonchev–Trinajstić information content (AvgIpc) is 3.10. The van der Waals surface area contributed by atoms with Crippen molar-refractivity contribution in [2.75, 3.05) is 5.32 Å². The molecule has 0 unspecified atom stereocenters. The van der Waals surface area contributed by atoms with Crippen LogP contribution in [0.3, 0.4) is 0 Å². The van der Waals surface area contributed by atoms with E-state index >= 15 is 0 Å². The zero-order valence-electron chi connectivity index (χ0n) is 9.74. The first kappa shape index (κ1) is 10.6. The second kappa shape index (κ2) is 4.75. The third kappa shape index (κ3) is 2.24. The summed E-state index contributed by atoms with van der Waals surface area (Å²) in [4.78, 5) is 7.49. The Morgan fingerprint density at radius 2 is 2.22 bits per heavy atom. The molecule has 0 aliphatic heterocycles. The molecule has 0 saturated carbocycles. The predicted octanol–water partition coefficient (Wildman–Crippen LogP) is 2.21. The molecule has 2 N–H and O–H groups in total. The van der Waals surface area contributed by atoms with Gasteiger partial charge in [0.15, 0.2) is 5.82 Å². The van der Waals surface area contributed by atoms with E-state index in [1.54, 1.807) is 17.1 Å². The van der Waals surface area contributed by atoms with E-state index in [4.69, 9.17) is 0 Å². The molecule has 3 aromatic heterocycles. The van der Waals surface area contributed by atoms with Crippen LogP contribution in [0.5, 0.6) is 0 Å². The van der Waals surface area contributed by atoms with Crippen molar-refractivity contribution in [3.05, 3.63) is 60.8 Å². The Hall–Kier alpha value is -2.56. The van der Waals surface area contributed by atoms with E-state index in [-0.39, 0.29) is 0 Å². The van der Waals surface area contributed by atoms with E-state index < -0.39 is 0 Å². The molecule has 0 aliphatic carbocycles. The van der Waals surface area contributed by atoms with E-state index in [1.807, 2.05) is 42.7 Å². The molecule has 5 heteroatoms. The topological polar surface area (TPSA) is 58.5 Å². The highest BCUT2D eigenvalue weighted by Crippen LogP contribution is 2.10. The second-order valence-corrected chi connectivity index (χ2v) is 3.90. The molecule has 0 saturated heterocycles. The van der Waals surface area contributed by atoms with Gasteiger partial charge in [0.2, 0.25) is 0 Å². The van der Waals surface area contributed by atoms with Crippen molar-refractivity contribution >= 4 is 5.69 Å². The Balaban J connectivity index is 1.68. The molecule has 18 heavy (non-hydrogen) atoms. The van der Waals surface area contributed by atoms with Crippen LogP contribution in [0, 0.1) is 0 Å². The van der Waals surface area contributed by atoms with Gasteiger partial charge in [-0.15, -0.1) is 0 Å². The van der Waals surface area contributed by atoms with Crippen molar-refractivity contribution < 1.29 is 0 Å². The summed E-state index contributed by atoms with van der Waals surface area (Å²) in [6.07, 6.45) is 7.32. The fourth-order valence-electron chi connectivity index (χ4n) is 1.71. The third-order valence-electron chi connectivity index (χ3n) is 2.63. The molecule has 0 bridgehead atoms. The lowest BCUT2D eigenvalue weighted by Gasteiger charge is -2.05. The van der Waals surface area contributed by atoms with Gasteiger partial charge in [0, 0.05) is 24.3 Å². The van der Waals surface area contributed by atoms with Crippen LogP contribution in [0.15, 0.2) is 55.1 Å². The fourth-order valence-corrected chi connectivity index (χ4v) is 1.71. The lowest BCUT2D eigenvalue weighted by molar-refractivity contribution is 0.847. The third-order valence-corrected chi connectivity index (χ3v) is 2.63. The summed E-state index contributed by atoms with van der Waals surface area (Å²) in [5.41, 5.74) is 2.13. The monoisotopic (exact) mass is 239 g/mol. The first-order valence-electron chi connectivity index (χ1n) is 5.74. The van der Waals surface area contributed by atoms with Crippen molar-refractivity contribution in [1.29, 1.82) is 0 Å². The highest BCUT2D eigenvalue weighted by Gasteiger charge is 1.98. The van der Waals surface area contributed by atoms with Gasteiger partial charge >= 0.3 is 0 Å². The fraction of sp³-hybridized carbons (Fsp3) is 0.0769. The van der Waals surface area contributed by atoms with Gasteiger partial charge in [-0.3, -0.25) is 0 Å². The molecule has 5 nitrogen and oxygen atoms in total. The minimum Gasteiger partial charge on any atom is -0.378 e. The molecule has 3 aromatic rings. The van der Waals surface area contributed by atoms with Crippen LogP contribution < -0.4 is 5.32 Å². The number of anilines is 1. The Morgan fingerprint density at radius 1 is 1.22 bits per heavy atom. The molecular formula is C13H13N5. The first-order valence-corrected chi connectivity index (χ1v) is 5.74. The summed E-state index contributed by atoms with van der Waals surface area (Å²) in [5.74, 6) is 0.811. The van der Waals surface area contributed by atoms with Crippen molar-refractivity contribution in [3.63, 3.8) is 0 Å². The van der Waals surface area contributed by atoms with Crippen LogP contribution in [-0.4, -0.2) is 19.7 Å². The summed E-state index contributed by atoms with van der Waals surface area (Å²) in [6.45, 7) is 0.760. The molecule has 0 aromatic carbocycles. The number of aromatic amines is 1. The van der Waals surface area contributed by atoms with E-state index in [0.717, 1.165) is 23.7 Å². The minimum atomic E-state index is 0.760. The van der Waals surface area contributed by atoms with Crippen molar-refractivity contribution in [3.8, 4) is 5.82 Å². The largest absolute Gasteiger partial charge is 0.378 e. The summed E-state index contributed by atoms with van der Waals surface area (Å²) in [6, 6.07) is 9.82. The van der Waals surface area contributed by atoms with Gasteiger partial charge in [0.25, 0.3) is 0 Å². The van der Waals surface area contributed by atoms with Gasteiger partial charge in [-0.25, -0.2) is 9.67 Å². The number of aromatic nitrogens is 4. The summed E-state index contributed by atoms with van der Waals surface area (Å²) < 4.78 is 1.73. The highest BCUT2D eigenvalue weighted by atomic mass is 15.3. The summed E-state index contributed by atoms with van der Waals surface area (Å²) >= 11 is 0. The molecule has 0 spiro atoms. The average molecular weight is 239 g/mol. The SMILES string of the molecule is c1c[nH]c(CNc2ccc(-n3cccn3)nc2)c1. The number of nitrogens with zero attached hydrogens (tertiary/aromatic N) is 3. The molecule has 0 amide bonds. The van der Waals surface area contributed by atoms with Crippen molar-refractivity contribution in [1.82, 2.24) is 19.7 Å². The summed E-state index contributed by atoms with van der Waals surface area (Å²) in [5, 5.41) is 7.43. The zero-order valence-corrected chi connectivity index (χ0v) is 9.74. The molecule has 0 radical (unpaired) electrons. The Bertz CT molecular complexity index is 581. The number of H-pyrrole nitrogens is 1. The molecule has 90 valence electrons. The van der Waals surface area contributed by atoms with Crippen LogP contribution in [0.2, 0.25) is 0 Å². The Kier molecular flexibility index (Phi) is 2.79. The van der Waals surface area contributed by atoms with Crippen LogP contribution in [-0.2, 0) is 6.54 Å². The standard InChI is InChI=1S/C13H13N5/c1-3-11(14-6-1)9-15-12-4-5-13(16-10-12)18-8-2-7-17-18/h1-8,10,14-15H,9H2. The Labute approximate surface area is 104 Å². The van der Waals surface area contributed by atoms with Crippen LogP contribution in [0.1, 0.15) is 5.69 Å². The Morgan fingerprint density at radius 3 is 2.89 bits per heavy atom. The van der Waals surface area contributed by atoms with Gasteiger partial charge in [0.05, 0.1) is 18.4 Å². The van der Waals surface area contributed by atoms with E-state index in [9.17, 15) is 0 Å². The summed E-state index contributed by atoms with van der Waals surface area (Å²) in [7, 11) is 0. The van der Waals surface area contributed by atoms with E-state index in [1.165, 1.54) is 0 Å². The van der Waals surface area contributed by atoms with Gasteiger partial charge in [-0.2, -0.15) is 5.10 Å². The van der Waals surface area contributed by atoms with E-state index in [0.29, 0.717) is 0 Å². The van der Waals surface area contributed by atoms with E-state index in [2.05, 4.69) is 20.4 Å². The zero-order chi connectivity index (χ0) is 12.2. The number of pyridine rings is 1. The molecule has 3 heterocycles. The molecule has 0 aliphatic rings. The van der Waals surface area contributed by atoms with Gasteiger partial charge in [0.1, 0.15) is 0 Å². The number of nitrogens with one attached hydrogen (secondary N) is 2. The van der Waals surface area contributed by atoms with Gasteiger partial charge in [-0.1, -0.05) is 0 Å². The normalized spacial score (nSPS) is 10.4. The highest BCUT2D eigenvalue weighted by molar-refractivity contribution is 5.43. The van der Waals surface area contributed by atoms with Crippen LogP contribution in [0.4, 0.5) is 5.69 Å². The molecule has 0 fully saturated rings. The molecule has 3 rings (SSSR count). The number of hydrogen-bond donors (Lipinski definition) is 2. The van der Waals surface area contributed by atoms with Gasteiger partial charge in [-0.05, 0) is 30.3 Å². The smallest absolute Gasteiger partial charge is 0.153 e. The lowest BCUT2D eigenvalue weighted by atomic mass is 10.3. The number of hydrogen-bond acceptors (Lipinski definition) is 3. The maximum atomic E-state index is 4.35. The van der Waals surface area contributed by atoms with Crippen molar-refractivity contribution in [2.24, 2.45) is 0 Å². The van der Waals surface area contributed by atoms with Crippen LogP contribution >= 0.6 is 0 Å². The van der Waals surface area contributed by atoms with Crippen molar-refractivity contribution in [2.45, 2.75) is 6.54 Å². The molecule has 0 atom stereocenters.